The molecule has 1 aromatic rings. The number of methoxy groups -OCH3 is 2. The molecule has 0 spiro atoms. The largest absolute Gasteiger partial charge is 0.493 e. The van der Waals surface area contributed by atoms with Crippen molar-refractivity contribution in [2.75, 3.05) is 20.8 Å². The number of carbonyl (C=O) groups excluding carboxylic acids is 1. The molecule has 4 heteroatoms. The molecule has 0 saturated heterocycles. The predicted molar refractivity (Wildman–Crippen MR) is 64.3 cm³/mol. The highest BCUT2D eigenvalue weighted by Crippen LogP contribution is 2.25. The van der Waals surface area contributed by atoms with Gasteiger partial charge in [-0.05, 0) is 25.1 Å². The van der Waals surface area contributed by atoms with Gasteiger partial charge in [0.05, 0.1) is 14.2 Å². The highest BCUT2D eigenvalue weighted by Gasteiger charge is 2.04. The lowest BCUT2D eigenvalue weighted by molar-refractivity contribution is -0.136. The number of hydrogen-bond acceptors (Lipinski definition) is 4. The van der Waals surface area contributed by atoms with Crippen LogP contribution in [0, 0.1) is 0 Å². The van der Waals surface area contributed by atoms with Crippen LogP contribution in [0.3, 0.4) is 0 Å². The number of ether oxygens (including phenoxy) is 3. The molecular weight excluding hydrogens is 220 g/mol. The van der Waals surface area contributed by atoms with Crippen molar-refractivity contribution in [3.8, 4) is 11.5 Å². The first-order valence-corrected chi connectivity index (χ1v) is 5.20. The Labute approximate surface area is 101 Å². The van der Waals surface area contributed by atoms with Gasteiger partial charge in [-0.3, -0.25) is 0 Å². The molecule has 0 N–H and O–H groups in total. The molecule has 0 aromatic heterocycles. The topological polar surface area (TPSA) is 44.8 Å². The third-order valence-corrected chi connectivity index (χ3v) is 2.20. The van der Waals surface area contributed by atoms with E-state index in [1.807, 2.05) is 18.2 Å². The van der Waals surface area contributed by atoms with Gasteiger partial charge >= 0.3 is 5.97 Å². The smallest absolute Gasteiger partial charge is 0.333 e. The van der Waals surface area contributed by atoms with Crippen molar-refractivity contribution >= 4 is 5.97 Å². The maximum Gasteiger partial charge on any atom is 0.333 e. The van der Waals surface area contributed by atoms with E-state index in [0.717, 1.165) is 0 Å². The molecule has 0 aliphatic rings. The van der Waals surface area contributed by atoms with Gasteiger partial charge in [-0.2, -0.15) is 0 Å². The van der Waals surface area contributed by atoms with E-state index in [9.17, 15) is 4.79 Å². The Morgan fingerprint density at radius 2 is 1.88 bits per heavy atom. The average molecular weight is 236 g/mol. The minimum atomic E-state index is -0.353. The molecule has 0 saturated carbocycles. The van der Waals surface area contributed by atoms with Crippen LogP contribution in [-0.2, 0) is 9.53 Å². The van der Waals surface area contributed by atoms with Gasteiger partial charge in [-0.1, -0.05) is 12.1 Å². The lowest BCUT2D eigenvalue weighted by Crippen LogP contribution is -2.04. The number of carbonyl (C=O) groups is 1. The van der Waals surface area contributed by atoms with Gasteiger partial charge in [0, 0.05) is 5.57 Å². The molecule has 0 atom stereocenters. The quantitative estimate of drug-likeness (QED) is 0.580. The van der Waals surface area contributed by atoms with Crippen molar-refractivity contribution in [1.82, 2.24) is 0 Å². The highest BCUT2D eigenvalue weighted by molar-refractivity contribution is 5.87. The Hall–Kier alpha value is -1.97. The molecule has 4 nitrogen and oxygen atoms in total. The molecule has 0 aliphatic heterocycles. The Morgan fingerprint density at radius 3 is 2.47 bits per heavy atom. The number of benzene rings is 1. The van der Waals surface area contributed by atoms with Gasteiger partial charge in [0.1, 0.15) is 6.61 Å². The fourth-order valence-electron chi connectivity index (χ4n) is 1.24. The Kier molecular flexibility index (Phi) is 5.07. The van der Waals surface area contributed by atoms with Crippen LogP contribution in [0.1, 0.15) is 6.92 Å². The van der Waals surface area contributed by atoms with Gasteiger partial charge in [-0.15, -0.1) is 0 Å². The molecule has 92 valence electrons. The number of hydrogen-bond donors (Lipinski definition) is 0. The van der Waals surface area contributed by atoms with E-state index in [0.29, 0.717) is 23.7 Å². The monoisotopic (exact) mass is 236 g/mol. The van der Waals surface area contributed by atoms with Crippen molar-refractivity contribution in [1.29, 1.82) is 0 Å². The molecule has 0 amide bonds. The fraction of sp³-hybridized carbons (Fsp3) is 0.308. The molecule has 1 aromatic carbocycles. The van der Waals surface area contributed by atoms with Crippen molar-refractivity contribution < 1.29 is 19.0 Å². The summed E-state index contributed by atoms with van der Waals surface area (Å²) in [6, 6.07) is 7.34. The van der Waals surface area contributed by atoms with Crippen LogP contribution < -0.4 is 9.47 Å². The highest BCUT2D eigenvalue weighted by atomic mass is 16.5. The maximum atomic E-state index is 11.1. The third kappa shape index (κ3) is 3.83. The van der Waals surface area contributed by atoms with E-state index >= 15 is 0 Å². The standard InChI is InChI=1S/C13H16O4/c1-10(13(14)16-3)8-9-17-12-7-5-4-6-11(12)15-2/h4-8H,9H2,1-3H3. The number of para-hydroxylation sites is 2. The number of esters is 1. The van der Waals surface area contributed by atoms with Crippen LogP contribution in [0.2, 0.25) is 0 Å². The van der Waals surface area contributed by atoms with Crippen molar-refractivity contribution in [3.63, 3.8) is 0 Å². The number of rotatable bonds is 5. The Bertz CT molecular complexity index is 410. The lowest BCUT2D eigenvalue weighted by Gasteiger charge is -2.08. The molecule has 0 radical (unpaired) electrons. The van der Waals surface area contributed by atoms with E-state index in [2.05, 4.69) is 4.74 Å². The summed E-state index contributed by atoms with van der Waals surface area (Å²) in [6.45, 7) is 1.97. The van der Waals surface area contributed by atoms with Crippen LogP contribution in [0.15, 0.2) is 35.9 Å². The van der Waals surface area contributed by atoms with Crippen LogP contribution in [-0.4, -0.2) is 26.8 Å². The Morgan fingerprint density at radius 1 is 1.24 bits per heavy atom. The van der Waals surface area contributed by atoms with Gasteiger partial charge in [0.15, 0.2) is 11.5 Å². The van der Waals surface area contributed by atoms with E-state index in [-0.39, 0.29) is 5.97 Å². The average Bonchev–Trinajstić information content (AvgIpc) is 2.38. The normalized spacial score (nSPS) is 10.9. The zero-order valence-corrected chi connectivity index (χ0v) is 10.2. The first-order valence-electron chi connectivity index (χ1n) is 5.20. The summed E-state index contributed by atoms with van der Waals surface area (Å²) < 4.78 is 15.2. The summed E-state index contributed by atoms with van der Waals surface area (Å²) in [7, 11) is 2.93. The van der Waals surface area contributed by atoms with E-state index in [4.69, 9.17) is 9.47 Å². The van der Waals surface area contributed by atoms with Gasteiger partial charge in [-0.25, -0.2) is 4.79 Å². The van der Waals surface area contributed by atoms with E-state index < -0.39 is 0 Å². The molecule has 0 aliphatic carbocycles. The van der Waals surface area contributed by atoms with E-state index in [1.165, 1.54) is 7.11 Å². The summed E-state index contributed by atoms with van der Waals surface area (Å²) in [4.78, 5) is 11.1. The molecular formula is C13H16O4. The second-order valence-electron chi connectivity index (χ2n) is 3.34. The van der Waals surface area contributed by atoms with Crippen LogP contribution in [0.4, 0.5) is 0 Å². The summed E-state index contributed by atoms with van der Waals surface area (Å²) in [6.07, 6.45) is 1.66. The SMILES string of the molecule is COC(=O)C(C)=CCOc1ccccc1OC. The minimum absolute atomic E-state index is 0.293. The fourth-order valence-corrected chi connectivity index (χ4v) is 1.24. The molecule has 0 bridgehead atoms. The van der Waals surface area contributed by atoms with Crippen molar-refractivity contribution in [3.05, 3.63) is 35.9 Å². The molecule has 17 heavy (non-hydrogen) atoms. The van der Waals surface area contributed by atoms with E-state index in [1.54, 1.807) is 26.2 Å². The first-order chi connectivity index (χ1) is 8.19. The van der Waals surface area contributed by atoms with Gasteiger partial charge < -0.3 is 14.2 Å². The summed E-state index contributed by atoms with van der Waals surface area (Å²) in [5, 5.41) is 0. The first kappa shape index (κ1) is 13.1. The van der Waals surface area contributed by atoms with Crippen LogP contribution >= 0.6 is 0 Å². The Balaban J connectivity index is 2.59. The zero-order valence-electron chi connectivity index (χ0n) is 10.2. The summed E-state index contributed by atoms with van der Waals surface area (Å²) in [5.74, 6) is 0.953. The van der Waals surface area contributed by atoms with Gasteiger partial charge in [0.25, 0.3) is 0 Å². The molecule has 0 heterocycles. The minimum Gasteiger partial charge on any atom is -0.493 e. The molecule has 0 unspecified atom stereocenters. The zero-order chi connectivity index (χ0) is 12.7. The third-order valence-electron chi connectivity index (χ3n) is 2.20. The second-order valence-corrected chi connectivity index (χ2v) is 3.34. The lowest BCUT2D eigenvalue weighted by atomic mass is 10.3. The molecule has 0 fully saturated rings. The van der Waals surface area contributed by atoms with Crippen LogP contribution in [0.25, 0.3) is 0 Å². The summed E-state index contributed by atoms with van der Waals surface area (Å²) >= 11 is 0. The van der Waals surface area contributed by atoms with Crippen LogP contribution in [0.5, 0.6) is 11.5 Å². The van der Waals surface area contributed by atoms with Crippen molar-refractivity contribution in [2.24, 2.45) is 0 Å². The maximum absolute atomic E-state index is 11.1. The predicted octanol–water partition coefficient (Wildman–Crippen LogP) is 2.19. The second kappa shape index (κ2) is 6.58. The van der Waals surface area contributed by atoms with Gasteiger partial charge in [0.2, 0.25) is 0 Å². The molecule has 1 rings (SSSR count). The van der Waals surface area contributed by atoms with Crippen molar-refractivity contribution in [2.45, 2.75) is 6.92 Å². The summed E-state index contributed by atoms with van der Waals surface area (Å²) in [5.41, 5.74) is 0.516.